The lowest BCUT2D eigenvalue weighted by Crippen LogP contribution is -2.60. The van der Waals surface area contributed by atoms with E-state index < -0.39 is 49.5 Å². The van der Waals surface area contributed by atoms with Gasteiger partial charge >= 0.3 is 0 Å². The van der Waals surface area contributed by atoms with Crippen LogP contribution in [0.5, 0.6) is 23.0 Å². The Morgan fingerprint density at radius 1 is 0.971 bits per heavy atom. The minimum absolute atomic E-state index is 0.0386. The minimum Gasteiger partial charge on any atom is -0.507 e. The van der Waals surface area contributed by atoms with Crippen LogP contribution in [0, 0.1) is 6.92 Å². The predicted molar refractivity (Wildman–Crippen MR) is 121 cm³/mol. The second kappa shape index (κ2) is 9.45. The van der Waals surface area contributed by atoms with Crippen LogP contribution in [0.4, 0.5) is 0 Å². The Balaban J connectivity index is 1.62. The zero-order chi connectivity index (χ0) is 24.9. The molecule has 190 valence electrons. The topological polar surface area (TPSA) is 136 Å². The van der Waals surface area contributed by atoms with Crippen LogP contribution in [0.2, 0.25) is 0 Å². The van der Waals surface area contributed by atoms with Crippen LogP contribution in [0.15, 0.2) is 24.3 Å². The summed E-state index contributed by atoms with van der Waals surface area (Å²) in [4.78, 5) is 0. The van der Waals surface area contributed by atoms with Crippen molar-refractivity contribution in [3.05, 3.63) is 46.5 Å². The number of phenols is 1. The maximum absolute atomic E-state index is 11.0. The molecule has 7 unspecified atom stereocenters. The molecule has 2 aromatic carbocycles. The molecule has 0 saturated carbocycles. The van der Waals surface area contributed by atoms with Crippen molar-refractivity contribution in [2.75, 3.05) is 20.8 Å². The van der Waals surface area contributed by atoms with E-state index in [1.54, 1.807) is 14.0 Å². The van der Waals surface area contributed by atoms with Gasteiger partial charge in [-0.3, -0.25) is 0 Å². The van der Waals surface area contributed by atoms with E-state index in [0.29, 0.717) is 34.6 Å². The number of ether oxygens (including phenoxy) is 6. The average Bonchev–Trinajstić information content (AvgIpc) is 3.04. The van der Waals surface area contributed by atoms with E-state index >= 15 is 0 Å². The van der Waals surface area contributed by atoms with Crippen molar-refractivity contribution in [2.24, 2.45) is 0 Å². The van der Waals surface area contributed by atoms with Gasteiger partial charge in [-0.15, -0.1) is 0 Å². The van der Waals surface area contributed by atoms with Gasteiger partial charge in [0.2, 0.25) is 6.29 Å². The first-order valence-corrected chi connectivity index (χ1v) is 11.5. The molecule has 5 rings (SSSR count). The normalized spacial score (nSPS) is 31.4. The summed E-state index contributed by atoms with van der Waals surface area (Å²) in [5.41, 5.74) is 2.36. The highest BCUT2D eigenvalue weighted by Gasteiger charge is 2.51. The van der Waals surface area contributed by atoms with Gasteiger partial charge in [0.25, 0.3) is 0 Å². The molecule has 3 aliphatic rings. The van der Waals surface area contributed by atoms with Gasteiger partial charge in [0.1, 0.15) is 53.5 Å². The van der Waals surface area contributed by atoms with Crippen LogP contribution in [-0.4, -0.2) is 72.0 Å². The highest BCUT2D eigenvalue weighted by atomic mass is 16.7. The van der Waals surface area contributed by atoms with Crippen molar-refractivity contribution in [1.82, 2.24) is 0 Å². The first-order valence-electron chi connectivity index (χ1n) is 11.5. The third kappa shape index (κ3) is 4.00. The number of methoxy groups -OCH3 is 2. The molecule has 1 fully saturated rings. The average molecular weight is 491 g/mol. The highest BCUT2D eigenvalue weighted by Crippen LogP contribution is 2.55. The summed E-state index contributed by atoms with van der Waals surface area (Å²) in [7, 11) is 3.10. The summed E-state index contributed by atoms with van der Waals surface area (Å²) in [6.45, 7) is 1.28. The number of aliphatic hydroxyl groups is 3. The fourth-order valence-corrected chi connectivity index (χ4v) is 5.02. The number of fused-ring (bicyclic) bond motifs is 1. The van der Waals surface area contributed by atoms with Gasteiger partial charge in [0, 0.05) is 19.1 Å². The first kappa shape index (κ1) is 24.1. The van der Waals surface area contributed by atoms with E-state index in [9.17, 15) is 20.4 Å². The SMILES string of the molecule is COCc1c(O)c(C)c2c3c1OC1OC(CO)C(O)C(O)C1OC3CC(c1ccc(OC)cc1)O2. The summed E-state index contributed by atoms with van der Waals surface area (Å²) in [5.74, 6) is 1.38. The highest BCUT2D eigenvalue weighted by molar-refractivity contribution is 5.63. The Labute approximate surface area is 202 Å². The lowest BCUT2D eigenvalue weighted by atomic mass is 9.90. The van der Waals surface area contributed by atoms with Gasteiger partial charge in [-0.25, -0.2) is 0 Å². The number of aromatic hydroxyl groups is 1. The monoisotopic (exact) mass is 490 g/mol. The fraction of sp³-hybridized carbons (Fsp3) is 0.520. The number of hydrogen-bond donors (Lipinski definition) is 4. The van der Waals surface area contributed by atoms with Crippen molar-refractivity contribution in [1.29, 1.82) is 0 Å². The minimum atomic E-state index is -1.37. The van der Waals surface area contributed by atoms with Crippen LogP contribution < -0.4 is 14.2 Å². The molecular formula is C25H30O10. The van der Waals surface area contributed by atoms with Crippen molar-refractivity contribution in [2.45, 2.75) is 62.9 Å². The Morgan fingerprint density at radius 2 is 1.71 bits per heavy atom. The van der Waals surface area contributed by atoms with Gasteiger partial charge in [-0.1, -0.05) is 12.1 Å². The Hall–Kier alpha value is -2.60. The van der Waals surface area contributed by atoms with Crippen LogP contribution >= 0.6 is 0 Å². The molecule has 0 spiro atoms. The van der Waals surface area contributed by atoms with Gasteiger partial charge in [0.05, 0.1) is 37.6 Å². The standard InChI is InChI=1S/C25H30O10/c1-11-19(27)14(10-30-2)23-18-16(33-24-21(29)20(28)17(9-26)34-25(24)35-23)8-15(32-22(11)18)12-4-6-13(31-3)7-5-12/h4-7,15-17,20-21,24-29H,8-10H2,1-3H3. The van der Waals surface area contributed by atoms with Crippen molar-refractivity contribution in [3.8, 4) is 23.0 Å². The van der Waals surface area contributed by atoms with Gasteiger partial charge in [0.15, 0.2) is 0 Å². The van der Waals surface area contributed by atoms with Crippen molar-refractivity contribution < 1.29 is 48.8 Å². The molecule has 10 heteroatoms. The summed E-state index contributed by atoms with van der Waals surface area (Å²) in [6.07, 6.45) is -6.65. The second-order valence-electron chi connectivity index (χ2n) is 8.99. The molecule has 35 heavy (non-hydrogen) atoms. The summed E-state index contributed by atoms with van der Waals surface area (Å²) < 4.78 is 35.3. The molecule has 2 aromatic rings. The molecule has 3 heterocycles. The molecule has 4 N–H and O–H groups in total. The van der Waals surface area contributed by atoms with Gasteiger partial charge in [-0.05, 0) is 24.6 Å². The molecule has 0 aliphatic carbocycles. The lowest BCUT2D eigenvalue weighted by molar-refractivity contribution is -0.292. The van der Waals surface area contributed by atoms with E-state index in [1.807, 2.05) is 24.3 Å². The first-order chi connectivity index (χ1) is 16.9. The van der Waals surface area contributed by atoms with Gasteiger partial charge < -0.3 is 48.8 Å². The molecule has 3 aliphatic heterocycles. The summed E-state index contributed by atoms with van der Waals surface area (Å²) >= 11 is 0. The number of aliphatic hydroxyl groups excluding tert-OH is 3. The Morgan fingerprint density at radius 3 is 2.37 bits per heavy atom. The van der Waals surface area contributed by atoms with Crippen LogP contribution in [0.3, 0.4) is 0 Å². The quantitative estimate of drug-likeness (QED) is 0.490. The number of phenolic OH excluding ortho intramolecular Hbond substituents is 1. The smallest absolute Gasteiger partial charge is 0.229 e. The zero-order valence-electron chi connectivity index (χ0n) is 19.7. The molecule has 0 bridgehead atoms. The predicted octanol–water partition coefficient (Wildman–Crippen LogP) is 1.64. The molecule has 0 aromatic heterocycles. The number of hydrogen-bond acceptors (Lipinski definition) is 10. The molecule has 0 radical (unpaired) electrons. The van der Waals surface area contributed by atoms with Crippen molar-refractivity contribution in [3.63, 3.8) is 0 Å². The van der Waals surface area contributed by atoms with E-state index in [4.69, 9.17) is 28.4 Å². The van der Waals surface area contributed by atoms with Crippen LogP contribution in [0.25, 0.3) is 0 Å². The summed E-state index contributed by atoms with van der Waals surface area (Å²) in [5, 5.41) is 42.0. The maximum Gasteiger partial charge on any atom is 0.229 e. The van der Waals surface area contributed by atoms with E-state index in [2.05, 4.69) is 0 Å². The van der Waals surface area contributed by atoms with Crippen LogP contribution in [0.1, 0.15) is 40.9 Å². The third-order valence-electron chi connectivity index (χ3n) is 6.91. The maximum atomic E-state index is 11.0. The Bertz CT molecular complexity index is 1070. The summed E-state index contributed by atoms with van der Waals surface area (Å²) in [6, 6.07) is 7.47. The fourth-order valence-electron chi connectivity index (χ4n) is 5.02. The molecule has 7 atom stereocenters. The van der Waals surface area contributed by atoms with E-state index in [-0.39, 0.29) is 18.1 Å². The van der Waals surface area contributed by atoms with Crippen molar-refractivity contribution >= 4 is 0 Å². The third-order valence-corrected chi connectivity index (χ3v) is 6.91. The van der Waals surface area contributed by atoms with E-state index in [1.165, 1.54) is 7.11 Å². The number of rotatable bonds is 5. The largest absolute Gasteiger partial charge is 0.507 e. The molecular weight excluding hydrogens is 460 g/mol. The molecule has 10 nitrogen and oxygen atoms in total. The molecule has 1 saturated heterocycles. The number of benzene rings is 2. The lowest BCUT2D eigenvalue weighted by Gasteiger charge is -2.41. The van der Waals surface area contributed by atoms with Gasteiger partial charge in [-0.2, -0.15) is 0 Å². The Kier molecular flexibility index (Phi) is 6.51. The van der Waals surface area contributed by atoms with E-state index in [0.717, 1.165) is 5.56 Å². The van der Waals surface area contributed by atoms with Crippen LogP contribution in [-0.2, 0) is 20.8 Å². The second-order valence-corrected chi connectivity index (χ2v) is 8.99. The molecule has 0 amide bonds. The zero-order valence-corrected chi connectivity index (χ0v) is 19.7.